The van der Waals surface area contributed by atoms with Gasteiger partial charge in [-0.05, 0) is 36.4 Å². The van der Waals surface area contributed by atoms with Crippen molar-refractivity contribution in [1.82, 2.24) is 5.32 Å². The predicted octanol–water partition coefficient (Wildman–Crippen LogP) is 4.90. The summed E-state index contributed by atoms with van der Waals surface area (Å²) in [4.78, 5) is 0. The number of nitrogens with one attached hydrogen (secondary N) is 1. The first-order chi connectivity index (χ1) is 9.19. The number of hydrogen-bond acceptors (Lipinski definition) is 2. The summed E-state index contributed by atoms with van der Waals surface area (Å²) < 4.78 is 5.71. The Kier molecular flexibility index (Phi) is 5.08. The molecule has 0 atom stereocenters. The van der Waals surface area contributed by atoms with E-state index in [0.29, 0.717) is 15.8 Å². The minimum Gasteiger partial charge on any atom is -0.457 e. The molecule has 0 aliphatic rings. The van der Waals surface area contributed by atoms with E-state index < -0.39 is 0 Å². The van der Waals surface area contributed by atoms with Crippen LogP contribution in [0.5, 0.6) is 11.5 Å². The van der Waals surface area contributed by atoms with E-state index in [4.69, 9.17) is 27.9 Å². The van der Waals surface area contributed by atoms with E-state index in [0.717, 1.165) is 18.8 Å². The summed E-state index contributed by atoms with van der Waals surface area (Å²) in [6, 6.07) is 13.2. The molecule has 0 unspecified atom stereocenters. The van der Waals surface area contributed by atoms with E-state index in [1.165, 1.54) is 5.56 Å². The van der Waals surface area contributed by atoms with Crippen LogP contribution in [0.3, 0.4) is 0 Å². The van der Waals surface area contributed by atoms with Crippen molar-refractivity contribution >= 4 is 23.2 Å². The molecule has 0 bridgehead atoms. The van der Waals surface area contributed by atoms with E-state index in [1.807, 2.05) is 24.3 Å². The van der Waals surface area contributed by atoms with Crippen LogP contribution in [0.25, 0.3) is 0 Å². The van der Waals surface area contributed by atoms with Crippen molar-refractivity contribution in [3.8, 4) is 11.5 Å². The molecular weight excluding hydrogens is 281 g/mol. The molecule has 0 aliphatic carbocycles. The largest absolute Gasteiger partial charge is 0.457 e. The molecule has 0 aliphatic heterocycles. The second kappa shape index (κ2) is 6.80. The Labute approximate surface area is 123 Å². The summed E-state index contributed by atoms with van der Waals surface area (Å²) in [6.07, 6.45) is 0. The van der Waals surface area contributed by atoms with Crippen molar-refractivity contribution in [1.29, 1.82) is 0 Å². The van der Waals surface area contributed by atoms with E-state index in [9.17, 15) is 0 Å². The molecule has 2 rings (SSSR count). The quantitative estimate of drug-likeness (QED) is 0.847. The van der Waals surface area contributed by atoms with Crippen LogP contribution in [0.1, 0.15) is 12.5 Å². The van der Waals surface area contributed by atoms with Crippen LogP contribution in [0.4, 0.5) is 0 Å². The molecule has 0 heterocycles. The molecule has 2 nitrogen and oxygen atoms in total. The van der Waals surface area contributed by atoms with Crippen LogP contribution in [0.15, 0.2) is 42.5 Å². The van der Waals surface area contributed by atoms with Crippen molar-refractivity contribution in [3.63, 3.8) is 0 Å². The highest BCUT2D eigenvalue weighted by Gasteiger charge is 2.02. The van der Waals surface area contributed by atoms with Gasteiger partial charge < -0.3 is 10.1 Å². The highest BCUT2D eigenvalue weighted by Crippen LogP contribution is 2.29. The molecule has 1 N–H and O–H groups in total. The maximum atomic E-state index is 5.94. The van der Waals surface area contributed by atoms with Gasteiger partial charge in [-0.3, -0.25) is 0 Å². The van der Waals surface area contributed by atoms with E-state index in [1.54, 1.807) is 18.2 Å². The van der Waals surface area contributed by atoms with Crippen LogP contribution < -0.4 is 10.1 Å². The zero-order chi connectivity index (χ0) is 13.7. The Balaban J connectivity index is 2.04. The lowest BCUT2D eigenvalue weighted by Gasteiger charge is -2.08. The molecule has 0 radical (unpaired) electrons. The maximum absolute atomic E-state index is 5.94. The van der Waals surface area contributed by atoms with Gasteiger partial charge in [0.2, 0.25) is 0 Å². The summed E-state index contributed by atoms with van der Waals surface area (Å²) in [5, 5.41) is 4.29. The molecule has 0 amide bonds. The van der Waals surface area contributed by atoms with Gasteiger partial charge in [0.1, 0.15) is 11.5 Å². The average molecular weight is 296 g/mol. The molecule has 2 aromatic rings. The molecule has 0 fully saturated rings. The van der Waals surface area contributed by atoms with Gasteiger partial charge in [-0.2, -0.15) is 0 Å². The van der Waals surface area contributed by atoms with Gasteiger partial charge in [-0.25, -0.2) is 0 Å². The van der Waals surface area contributed by atoms with Crippen LogP contribution in [0, 0.1) is 0 Å². The monoisotopic (exact) mass is 295 g/mol. The van der Waals surface area contributed by atoms with Crippen LogP contribution in [-0.2, 0) is 6.54 Å². The van der Waals surface area contributed by atoms with Crippen LogP contribution in [0.2, 0.25) is 10.0 Å². The van der Waals surface area contributed by atoms with Crippen molar-refractivity contribution in [3.05, 3.63) is 58.1 Å². The second-order valence-electron chi connectivity index (χ2n) is 4.10. The number of benzene rings is 2. The van der Waals surface area contributed by atoms with Gasteiger partial charge in [0.25, 0.3) is 0 Å². The lowest BCUT2D eigenvalue weighted by Crippen LogP contribution is -2.11. The highest BCUT2D eigenvalue weighted by molar-refractivity contribution is 6.42. The van der Waals surface area contributed by atoms with Gasteiger partial charge in [0.05, 0.1) is 10.0 Å². The molecule has 0 saturated heterocycles. The minimum atomic E-state index is 0.489. The smallest absolute Gasteiger partial charge is 0.129 e. The Morgan fingerprint density at radius 1 is 0.947 bits per heavy atom. The highest BCUT2D eigenvalue weighted by atomic mass is 35.5. The normalized spacial score (nSPS) is 10.5. The Bertz CT molecular complexity index is 540. The molecule has 0 spiro atoms. The van der Waals surface area contributed by atoms with Crippen molar-refractivity contribution in [2.45, 2.75) is 13.5 Å². The summed E-state index contributed by atoms with van der Waals surface area (Å²) in [5.74, 6) is 1.45. The van der Waals surface area contributed by atoms with Gasteiger partial charge in [-0.15, -0.1) is 0 Å². The zero-order valence-corrected chi connectivity index (χ0v) is 12.1. The van der Waals surface area contributed by atoms with E-state index in [-0.39, 0.29) is 0 Å². The van der Waals surface area contributed by atoms with Gasteiger partial charge in [-0.1, -0.05) is 42.3 Å². The molecule has 100 valence electrons. The van der Waals surface area contributed by atoms with E-state index in [2.05, 4.69) is 12.2 Å². The van der Waals surface area contributed by atoms with Crippen LogP contribution >= 0.6 is 23.2 Å². The topological polar surface area (TPSA) is 21.3 Å². The molecule has 2 aromatic carbocycles. The number of hydrogen-bond donors (Lipinski definition) is 1. The number of ether oxygens (including phenoxy) is 1. The van der Waals surface area contributed by atoms with E-state index >= 15 is 0 Å². The third-order valence-corrected chi connectivity index (χ3v) is 3.37. The third kappa shape index (κ3) is 4.13. The summed E-state index contributed by atoms with van der Waals surface area (Å²) in [5.41, 5.74) is 1.23. The fourth-order valence-electron chi connectivity index (χ4n) is 1.62. The lowest BCUT2D eigenvalue weighted by atomic mass is 10.2. The molecular formula is C15H15Cl2NO. The van der Waals surface area contributed by atoms with Gasteiger partial charge in [0, 0.05) is 12.6 Å². The van der Waals surface area contributed by atoms with Crippen molar-refractivity contribution < 1.29 is 4.74 Å². The fraction of sp³-hybridized carbons (Fsp3) is 0.200. The minimum absolute atomic E-state index is 0.489. The summed E-state index contributed by atoms with van der Waals surface area (Å²) in [7, 11) is 0. The third-order valence-electron chi connectivity index (χ3n) is 2.63. The van der Waals surface area contributed by atoms with Gasteiger partial charge in [0.15, 0.2) is 0 Å². The SMILES string of the molecule is CCNCc1ccc(Oc2ccc(Cl)c(Cl)c2)cc1. The number of halogens is 2. The zero-order valence-electron chi connectivity index (χ0n) is 10.6. The fourth-order valence-corrected chi connectivity index (χ4v) is 1.91. The molecule has 0 aromatic heterocycles. The average Bonchev–Trinajstić information content (AvgIpc) is 2.42. The first-order valence-electron chi connectivity index (χ1n) is 6.11. The number of rotatable bonds is 5. The molecule has 0 saturated carbocycles. The Morgan fingerprint density at radius 2 is 1.63 bits per heavy atom. The summed E-state index contributed by atoms with van der Waals surface area (Å²) >= 11 is 11.8. The Morgan fingerprint density at radius 3 is 2.26 bits per heavy atom. The molecule has 4 heteroatoms. The van der Waals surface area contributed by atoms with Crippen molar-refractivity contribution in [2.75, 3.05) is 6.54 Å². The Hall–Kier alpha value is -1.22. The van der Waals surface area contributed by atoms with Crippen LogP contribution in [-0.4, -0.2) is 6.54 Å². The maximum Gasteiger partial charge on any atom is 0.129 e. The van der Waals surface area contributed by atoms with Crippen molar-refractivity contribution in [2.24, 2.45) is 0 Å². The predicted molar refractivity (Wildman–Crippen MR) is 80.4 cm³/mol. The van der Waals surface area contributed by atoms with Gasteiger partial charge >= 0.3 is 0 Å². The molecule has 19 heavy (non-hydrogen) atoms. The first-order valence-corrected chi connectivity index (χ1v) is 6.87. The lowest BCUT2D eigenvalue weighted by molar-refractivity contribution is 0.482. The first kappa shape index (κ1) is 14.2. The second-order valence-corrected chi connectivity index (χ2v) is 4.92. The summed E-state index contributed by atoms with van der Waals surface area (Å²) in [6.45, 7) is 3.91. The standard InChI is InChI=1S/C15H15Cl2NO/c1-2-18-10-11-3-5-12(6-4-11)19-13-7-8-14(16)15(17)9-13/h3-9,18H,2,10H2,1H3.